The molecule has 0 aromatic heterocycles. The Bertz CT molecular complexity index is 414. The van der Waals surface area contributed by atoms with Gasteiger partial charge in [0.15, 0.2) is 11.6 Å². The van der Waals surface area contributed by atoms with E-state index < -0.39 is 0 Å². The minimum atomic E-state index is -0.379. The lowest BCUT2D eigenvalue weighted by Gasteiger charge is -2.11. The first-order chi connectivity index (χ1) is 8.60. The van der Waals surface area contributed by atoms with Crippen molar-refractivity contribution in [3.05, 3.63) is 29.6 Å². The van der Waals surface area contributed by atoms with E-state index in [0.717, 1.165) is 0 Å². The number of rotatable bonds is 6. The molecule has 1 unspecified atom stereocenters. The number of carbonyl (C=O) groups excluding carboxylic acids is 1. The number of methoxy groups -OCH3 is 2. The highest BCUT2D eigenvalue weighted by Gasteiger charge is 2.15. The molecule has 0 aliphatic rings. The third-order valence-corrected chi connectivity index (χ3v) is 3.31. The monoisotopic (exact) mass is 367 g/mol. The number of nitrogens with one attached hydrogen (secondary N) is 1. The summed E-state index contributed by atoms with van der Waals surface area (Å²) in [5.74, 6) is -0.460. The van der Waals surface area contributed by atoms with Crippen LogP contribution in [0.4, 0.5) is 4.39 Å². The van der Waals surface area contributed by atoms with Crippen LogP contribution >= 0.6 is 22.6 Å². The van der Waals surface area contributed by atoms with E-state index in [-0.39, 0.29) is 21.5 Å². The minimum absolute atomic E-state index is 0.216. The number of alkyl halides is 1. The summed E-state index contributed by atoms with van der Waals surface area (Å²) in [6.07, 6.45) is 0. The van der Waals surface area contributed by atoms with Crippen LogP contribution in [0.15, 0.2) is 18.2 Å². The smallest absolute Gasteiger partial charge is 0.319 e. The Morgan fingerprint density at radius 3 is 2.83 bits per heavy atom. The number of carbonyl (C=O) groups is 1. The molecule has 0 fully saturated rings. The number of benzene rings is 1. The van der Waals surface area contributed by atoms with Crippen LogP contribution in [-0.2, 0) is 16.1 Å². The van der Waals surface area contributed by atoms with Crippen molar-refractivity contribution in [2.45, 2.75) is 10.5 Å². The number of halogens is 2. The van der Waals surface area contributed by atoms with E-state index in [0.29, 0.717) is 18.7 Å². The molecule has 1 aromatic rings. The van der Waals surface area contributed by atoms with E-state index in [1.54, 1.807) is 18.2 Å². The van der Waals surface area contributed by atoms with Crippen LogP contribution in [-0.4, -0.2) is 30.7 Å². The summed E-state index contributed by atoms with van der Waals surface area (Å²) in [6.45, 7) is 0.753. The molecular weight excluding hydrogens is 352 g/mol. The van der Waals surface area contributed by atoms with Crippen molar-refractivity contribution in [3.63, 3.8) is 0 Å². The Morgan fingerprint density at radius 2 is 2.22 bits per heavy atom. The molecule has 0 aliphatic heterocycles. The molecular formula is C12H15FINO3. The Kier molecular flexibility index (Phi) is 6.34. The molecule has 0 saturated heterocycles. The van der Waals surface area contributed by atoms with Crippen molar-refractivity contribution >= 4 is 28.6 Å². The molecule has 4 nitrogen and oxygen atoms in total. The van der Waals surface area contributed by atoms with Crippen LogP contribution in [0.3, 0.4) is 0 Å². The fourth-order valence-electron chi connectivity index (χ4n) is 1.40. The zero-order chi connectivity index (χ0) is 13.5. The normalized spacial score (nSPS) is 12.0. The maximum Gasteiger partial charge on any atom is 0.319 e. The van der Waals surface area contributed by atoms with Gasteiger partial charge in [-0.25, -0.2) is 4.39 Å². The Labute approximate surface area is 119 Å². The number of ether oxygens (including phenoxy) is 2. The average Bonchev–Trinajstić information content (AvgIpc) is 2.39. The van der Waals surface area contributed by atoms with Crippen molar-refractivity contribution in [2.75, 3.05) is 20.8 Å². The summed E-state index contributed by atoms with van der Waals surface area (Å²) in [6, 6.07) is 4.96. The molecule has 1 atom stereocenters. The Balaban J connectivity index is 2.52. The van der Waals surface area contributed by atoms with E-state index in [4.69, 9.17) is 4.74 Å². The van der Waals surface area contributed by atoms with Gasteiger partial charge in [0, 0.05) is 18.7 Å². The van der Waals surface area contributed by atoms with Crippen molar-refractivity contribution in [2.24, 2.45) is 0 Å². The summed E-state index contributed by atoms with van der Waals surface area (Å²) in [5, 5.41) is 3.00. The maximum atomic E-state index is 13.8. The van der Waals surface area contributed by atoms with Crippen molar-refractivity contribution < 1.29 is 18.7 Å². The number of hydrogen-bond donors (Lipinski definition) is 1. The summed E-state index contributed by atoms with van der Waals surface area (Å²) in [4.78, 5) is 11.2. The quantitative estimate of drug-likeness (QED) is 0.474. The summed E-state index contributed by atoms with van der Waals surface area (Å²) >= 11 is 1.98. The third kappa shape index (κ3) is 4.09. The highest BCUT2D eigenvalue weighted by atomic mass is 127. The molecule has 1 aromatic carbocycles. The first-order valence-electron chi connectivity index (χ1n) is 5.34. The van der Waals surface area contributed by atoms with Gasteiger partial charge in [0.1, 0.15) is 3.92 Å². The van der Waals surface area contributed by atoms with Crippen LogP contribution < -0.4 is 10.1 Å². The van der Waals surface area contributed by atoms with Gasteiger partial charge in [-0.15, -0.1) is 0 Å². The predicted molar refractivity (Wildman–Crippen MR) is 74.5 cm³/mol. The number of esters is 1. The Morgan fingerprint density at radius 1 is 1.50 bits per heavy atom. The molecule has 1 N–H and O–H groups in total. The molecule has 0 heterocycles. The molecule has 0 radical (unpaired) electrons. The second-order valence-electron chi connectivity index (χ2n) is 3.55. The first-order valence-corrected chi connectivity index (χ1v) is 6.58. The predicted octanol–water partition coefficient (Wildman–Crippen LogP) is 1.90. The van der Waals surface area contributed by atoms with Crippen molar-refractivity contribution in [3.8, 4) is 5.75 Å². The largest absolute Gasteiger partial charge is 0.494 e. The van der Waals surface area contributed by atoms with Gasteiger partial charge in [-0.2, -0.15) is 0 Å². The molecule has 100 valence electrons. The molecule has 0 amide bonds. The van der Waals surface area contributed by atoms with Crippen molar-refractivity contribution in [1.29, 1.82) is 0 Å². The van der Waals surface area contributed by atoms with Gasteiger partial charge in [-0.05, 0) is 6.07 Å². The first kappa shape index (κ1) is 15.2. The molecule has 0 spiro atoms. The average molecular weight is 367 g/mol. The maximum absolute atomic E-state index is 13.8. The summed E-state index contributed by atoms with van der Waals surface area (Å²) in [7, 11) is 2.77. The topological polar surface area (TPSA) is 47.6 Å². The second-order valence-corrected chi connectivity index (χ2v) is 5.06. The van der Waals surface area contributed by atoms with E-state index in [9.17, 15) is 9.18 Å². The third-order valence-electron chi connectivity index (χ3n) is 2.36. The molecule has 1 rings (SSSR count). The van der Waals surface area contributed by atoms with Gasteiger partial charge in [-0.1, -0.05) is 34.7 Å². The molecule has 0 saturated carbocycles. The highest BCUT2D eigenvalue weighted by Crippen LogP contribution is 2.19. The lowest BCUT2D eigenvalue weighted by molar-refractivity contribution is -0.139. The van der Waals surface area contributed by atoms with Gasteiger partial charge < -0.3 is 14.8 Å². The standard InChI is InChI=1S/C12H15FINO3/c1-17-10-5-3-4-8(11(10)13)6-15-7-9(14)12(16)18-2/h3-5,9,15H,6-7H2,1-2H3. The van der Waals surface area contributed by atoms with Crippen LogP contribution in [0, 0.1) is 5.82 Å². The van der Waals surface area contributed by atoms with Gasteiger partial charge in [0.25, 0.3) is 0 Å². The Hall–Kier alpha value is -0.890. The SMILES string of the molecule is COC(=O)C(I)CNCc1cccc(OC)c1F. The van der Waals surface area contributed by atoms with Gasteiger partial charge in [-0.3, -0.25) is 4.79 Å². The second kappa shape index (κ2) is 7.52. The van der Waals surface area contributed by atoms with E-state index in [1.165, 1.54) is 14.2 Å². The zero-order valence-corrected chi connectivity index (χ0v) is 12.4. The van der Waals surface area contributed by atoms with Crippen LogP contribution in [0.25, 0.3) is 0 Å². The van der Waals surface area contributed by atoms with E-state index in [1.807, 2.05) is 22.6 Å². The molecule has 18 heavy (non-hydrogen) atoms. The van der Waals surface area contributed by atoms with Crippen LogP contribution in [0.2, 0.25) is 0 Å². The molecule has 6 heteroatoms. The zero-order valence-electron chi connectivity index (χ0n) is 10.2. The minimum Gasteiger partial charge on any atom is -0.494 e. The fourth-order valence-corrected chi connectivity index (χ4v) is 1.96. The molecule has 0 bridgehead atoms. The fraction of sp³-hybridized carbons (Fsp3) is 0.417. The molecule has 0 aliphatic carbocycles. The van der Waals surface area contributed by atoms with Gasteiger partial charge >= 0.3 is 5.97 Å². The van der Waals surface area contributed by atoms with Gasteiger partial charge in [0.05, 0.1) is 14.2 Å². The van der Waals surface area contributed by atoms with Crippen molar-refractivity contribution in [1.82, 2.24) is 5.32 Å². The van der Waals surface area contributed by atoms with E-state index in [2.05, 4.69) is 10.1 Å². The number of hydrogen-bond acceptors (Lipinski definition) is 4. The van der Waals surface area contributed by atoms with E-state index >= 15 is 0 Å². The lowest BCUT2D eigenvalue weighted by atomic mass is 10.2. The van der Waals surface area contributed by atoms with Crippen LogP contribution in [0.5, 0.6) is 5.75 Å². The summed E-state index contributed by atoms with van der Waals surface area (Å²) < 4.78 is 23.0. The van der Waals surface area contributed by atoms with Gasteiger partial charge in [0.2, 0.25) is 0 Å². The van der Waals surface area contributed by atoms with Crippen LogP contribution in [0.1, 0.15) is 5.56 Å². The lowest BCUT2D eigenvalue weighted by Crippen LogP contribution is -2.29. The summed E-state index contributed by atoms with van der Waals surface area (Å²) in [5.41, 5.74) is 0.503. The highest BCUT2D eigenvalue weighted by molar-refractivity contribution is 14.1.